The normalized spacial score (nSPS) is 19.6. The Hall–Kier alpha value is -1.65. The molecule has 1 aliphatic carbocycles. The fraction of sp³-hybridized carbons (Fsp3) is 0.667. The number of aromatic nitrogens is 2. The van der Waals surface area contributed by atoms with Crippen LogP contribution in [0.2, 0.25) is 0 Å². The molecule has 0 saturated carbocycles. The van der Waals surface area contributed by atoms with Crippen LogP contribution in [0.25, 0.3) is 0 Å². The largest absolute Gasteiger partial charge is 0.469 e. The molecule has 0 aromatic carbocycles. The van der Waals surface area contributed by atoms with Crippen LogP contribution in [-0.2, 0) is 22.4 Å². The molecule has 1 saturated heterocycles. The summed E-state index contributed by atoms with van der Waals surface area (Å²) >= 11 is 0. The van der Waals surface area contributed by atoms with Crippen molar-refractivity contribution in [2.24, 2.45) is 5.92 Å². The third-order valence-corrected chi connectivity index (χ3v) is 4.43. The molecule has 0 unspecified atom stereocenters. The van der Waals surface area contributed by atoms with Gasteiger partial charge in [0.1, 0.15) is 12.1 Å². The molecule has 0 N–H and O–H groups in total. The summed E-state index contributed by atoms with van der Waals surface area (Å²) in [4.78, 5) is 22.8. The minimum atomic E-state index is -0.0747. The van der Waals surface area contributed by atoms with Gasteiger partial charge in [0.2, 0.25) is 0 Å². The monoisotopic (exact) mass is 275 g/mol. The van der Waals surface area contributed by atoms with Crippen LogP contribution in [0.5, 0.6) is 0 Å². The number of hydrogen-bond acceptors (Lipinski definition) is 5. The first kappa shape index (κ1) is 13.3. The SMILES string of the molecule is COC(=O)C1CCN(c2ncnc3c2CCCC3)CC1. The van der Waals surface area contributed by atoms with Crippen LogP contribution in [0.4, 0.5) is 5.82 Å². The highest BCUT2D eigenvalue weighted by atomic mass is 16.5. The topological polar surface area (TPSA) is 55.3 Å². The fourth-order valence-corrected chi connectivity index (χ4v) is 3.27. The molecule has 0 bridgehead atoms. The lowest BCUT2D eigenvalue weighted by molar-refractivity contribution is -0.146. The molecule has 0 spiro atoms. The molecule has 1 fully saturated rings. The molecule has 0 atom stereocenters. The molecule has 5 nitrogen and oxygen atoms in total. The van der Waals surface area contributed by atoms with Gasteiger partial charge in [0.25, 0.3) is 0 Å². The average Bonchev–Trinajstić information content (AvgIpc) is 2.54. The van der Waals surface area contributed by atoms with E-state index in [1.807, 2.05) is 0 Å². The van der Waals surface area contributed by atoms with Gasteiger partial charge < -0.3 is 9.64 Å². The van der Waals surface area contributed by atoms with Gasteiger partial charge in [-0.25, -0.2) is 9.97 Å². The van der Waals surface area contributed by atoms with Gasteiger partial charge in [0, 0.05) is 24.3 Å². The van der Waals surface area contributed by atoms with E-state index in [4.69, 9.17) is 4.74 Å². The van der Waals surface area contributed by atoms with Crippen LogP contribution in [0.1, 0.15) is 36.9 Å². The Labute approximate surface area is 119 Å². The highest BCUT2D eigenvalue weighted by molar-refractivity contribution is 5.72. The maximum Gasteiger partial charge on any atom is 0.308 e. The Morgan fingerprint density at radius 1 is 1.25 bits per heavy atom. The van der Waals surface area contributed by atoms with E-state index in [-0.39, 0.29) is 11.9 Å². The first-order valence-electron chi connectivity index (χ1n) is 7.45. The number of nitrogens with zero attached hydrogens (tertiary/aromatic N) is 3. The summed E-state index contributed by atoms with van der Waals surface area (Å²) in [6.07, 6.45) is 8.01. The van der Waals surface area contributed by atoms with Crippen molar-refractivity contribution in [1.82, 2.24) is 9.97 Å². The standard InChI is InChI=1S/C15H21N3O2/c1-20-15(19)11-6-8-18(9-7-11)14-12-4-2-3-5-13(12)16-10-17-14/h10-11H,2-9H2,1H3. The van der Waals surface area contributed by atoms with Gasteiger partial charge in [-0.3, -0.25) is 4.79 Å². The smallest absolute Gasteiger partial charge is 0.308 e. The highest BCUT2D eigenvalue weighted by Crippen LogP contribution is 2.30. The van der Waals surface area contributed by atoms with Crippen molar-refractivity contribution < 1.29 is 9.53 Å². The van der Waals surface area contributed by atoms with Crippen LogP contribution in [0.3, 0.4) is 0 Å². The second kappa shape index (κ2) is 5.77. The van der Waals surface area contributed by atoms with Gasteiger partial charge in [-0.05, 0) is 38.5 Å². The summed E-state index contributed by atoms with van der Waals surface area (Å²) in [6.45, 7) is 1.76. The molecule has 3 rings (SSSR count). The van der Waals surface area contributed by atoms with E-state index in [9.17, 15) is 4.79 Å². The minimum absolute atomic E-state index is 0.0499. The fourth-order valence-electron chi connectivity index (χ4n) is 3.27. The first-order valence-corrected chi connectivity index (χ1v) is 7.45. The van der Waals surface area contributed by atoms with Gasteiger partial charge in [-0.1, -0.05) is 0 Å². The van der Waals surface area contributed by atoms with E-state index in [0.29, 0.717) is 0 Å². The van der Waals surface area contributed by atoms with Crippen molar-refractivity contribution in [3.63, 3.8) is 0 Å². The molecule has 0 amide bonds. The summed E-state index contributed by atoms with van der Waals surface area (Å²) in [5.41, 5.74) is 2.55. The lowest BCUT2D eigenvalue weighted by Crippen LogP contribution is -2.38. The molecule has 5 heteroatoms. The summed E-state index contributed by atoms with van der Waals surface area (Å²) in [6, 6.07) is 0. The highest BCUT2D eigenvalue weighted by Gasteiger charge is 2.28. The Bertz CT molecular complexity index is 496. The van der Waals surface area contributed by atoms with Crippen LogP contribution in [-0.4, -0.2) is 36.1 Å². The van der Waals surface area contributed by atoms with Gasteiger partial charge in [-0.15, -0.1) is 0 Å². The van der Waals surface area contributed by atoms with Gasteiger partial charge >= 0.3 is 5.97 Å². The van der Waals surface area contributed by atoms with Crippen molar-refractivity contribution >= 4 is 11.8 Å². The number of fused-ring (bicyclic) bond motifs is 1. The minimum Gasteiger partial charge on any atom is -0.469 e. The number of aryl methyl sites for hydroxylation is 1. The van der Waals surface area contributed by atoms with Gasteiger partial charge in [0.05, 0.1) is 13.0 Å². The molecule has 1 aromatic heterocycles. The number of hydrogen-bond donors (Lipinski definition) is 0. The molecule has 108 valence electrons. The number of rotatable bonds is 2. The third kappa shape index (κ3) is 2.49. The number of ether oxygens (including phenoxy) is 1. The summed E-state index contributed by atoms with van der Waals surface area (Å²) < 4.78 is 4.84. The van der Waals surface area contributed by atoms with Crippen LogP contribution < -0.4 is 4.90 Å². The quantitative estimate of drug-likeness (QED) is 0.770. The maximum absolute atomic E-state index is 11.6. The number of methoxy groups -OCH3 is 1. The zero-order valence-electron chi connectivity index (χ0n) is 12.0. The van der Waals surface area contributed by atoms with Crippen LogP contribution >= 0.6 is 0 Å². The van der Waals surface area contributed by atoms with Crippen LogP contribution in [0.15, 0.2) is 6.33 Å². The Balaban J connectivity index is 1.74. The number of carbonyl (C=O) groups excluding carboxylic acids is 1. The maximum atomic E-state index is 11.6. The molecule has 2 aliphatic rings. The number of anilines is 1. The van der Waals surface area contributed by atoms with Crippen molar-refractivity contribution in [2.75, 3.05) is 25.1 Å². The van der Waals surface area contributed by atoms with Crippen molar-refractivity contribution in [1.29, 1.82) is 0 Å². The van der Waals surface area contributed by atoms with Crippen LogP contribution in [0, 0.1) is 5.92 Å². The van der Waals surface area contributed by atoms with Crippen molar-refractivity contribution in [3.05, 3.63) is 17.6 Å². The summed E-state index contributed by atoms with van der Waals surface area (Å²) in [5, 5.41) is 0. The van der Waals surface area contributed by atoms with E-state index in [0.717, 1.165) is 44.6 Å². The van der Waals surface area contributed by atoms with Crippen molar-refractivity contribution in [2.45, 2.75) is 38.5 Å². The molecule has 20 heavy (non-hydrogen) atoms. The lowest BCUT2D eigenvalue weighted by Gasteiger charge is -2.33. The lowest BCUT2D eigenvalue weighted by atomic mass is 9.94. The van der Waals surface area contributed by atoms with Gasteiger partial charge in [0.15, 0.2) is 0 Å². The second-order valence-corrected chi connectivity index (χ2v) is 5.61. The van der Waals surface area contributed by atoms with E-state index < -0.39 is 0 Å². The van der Waals surface area contributed by atoms with E-state index in [1.165, 1.54) is 31.2 Å². The molecule has 2 heterocycles. The summed E-state index contributed by atoms with van der Waals surface area (Å²) in [7, 11) is 1.47. The molecular formula is C15H21N3O2. The molecule has 1 aromatic rings. The summed E-state index contributed by atoms with van der Waals surface area (Å²) in [5.74, 6) is 1.07. The predicted molar refractivity (Wildman–Crippen MR) is 75.6 cm³/mol. The Kier molecular flexibility index (Phi) is 3.85. The number of esters is 1. The zero-order valence-corrected chi connectivity index (χ0v) is 12.0. The number of piperidine rings is 1. The average molecular weight is 275 g/mol. The molecular weight excluding hydrogens is 254 g/mol. The van der Waals surface area contributed by atoms with E-state index in [1.54, 1.807) is 6.33 Å². The van der Waals surface area contributed by atoms with Crippen molar-refractivity contribution in [3.8, 4) is 0 Å². The second-order valence-electron chi connectivity index (χ2n) is 5.61. The predicted octanol–water partition coefficient (Wildman–Crippen LogP) is 1.74. The first-order chi connectivity index (χ1) is 9.79. The molecule has 0 radical (unpaired) electrons. The van der Waals surface area contributed by atoms with Gasteiger partial charge in [-0.2, -0.15) is 0 Å². The van der Waals surface area contributed by atoms with E-state index >= 15 is 0 Å². The molecule has 1 aliphatic heterocycles. The van der Waals surface area contributed by atoms with E-state index in [2.05, 4.69) is 14.9 Å². The number of carbonyl (C=O) groups is 1. The zero-order chi connectivity index (χ0) is 13.9. The third-order valence-electron chi connectivity index (χ3n) is 4.43. The Morgan fingerprint density at radius 2 is 2.00 bits per heavy atom. The Morgan fingerprint density at radius 3 is 2.75 bits per heavy atom.